The van der Waals surface area contributed by atoms with Gasteiger partial charge < -0.3 is 10.6 Å². The predicted molar refractivity (Wildman–Crippen MR) is 110 cm³/mol. The van der Waals surface area contributed by atoms with Gasteiger partial charge in [-0.3, -0.25) is 19.7 Å². The van der Waals surface area contributed by atoms with E-state index in [1.807, 2.05) is 30.3 Å². The van der Waals surface area contributed by atoms with Crippen LogP contribution in [0, 0.1) is 10.1 Å². The molecule has 0 spiro atoms. The first-order chi connectivity index (χ1) is 14.0. The van der Waals surface area contributed by atoms with Crippen LogP contribution < -0.4 is 10.6 Å². The van der Waals surface area contributed by atoms with E-state index in [0.29, 0.717) is 5.56 Å². The molecule has 0 radical (unpaired) electrons. The highest BCUT2D eigenvalue weighted by atomic mass is 16.6. The maximum absolute atomic E-state index is 12.9. The fraction of sp³-hybridized carbons (Fsp3) is 0.0909. The van der Waals surface area contributed by atoms with Crippen molar-refractivity contribution in [1.29, 1.82) is 0 Å². The second-order valence-electron chi connectivity index (χ2n) is 6.38. The molecule has 0 heterocycles. The van der Waals surface area contributed by atoms with Crippen molar-refractivity contribution in [2.75, 3.05) is 5.32 Å². The molecule has 1 atom stereocenters. The molecule has 3 aromatic carbocycles. The average Bonchev–Trinajstić information content (AvgIpc) is 2.74. The molecule has 0 saturated carbocycles. The van der Waals surface area contributed by atoms with Crippen molar-refractivity contribution in [3.05, 3.63) is 106 Å². The highest BCUT2D eigenvalue weighted by Crippen LogP contribution is 2.17. The van der Waals surface area contributed by atoms with E-state index in [4.69, 9.17) is 0 Å². The lowest BCUT2D eigenvalue weighted by Crippen LogP contribution is -2.45. The molecule has 7 nitrogen and oxygen atoms in total. The molecule has 3 aromatic rings. The first-order valence-corrected chi connectivity index (χ1v) is 8.98. The highest BCUT2D eigenvalue weighted by molar-refractivity contribution is 6.01. The van der Waals surface area contributed by atoms with Crippen LogP contribution >= 0.6 is 0 Å². The van der Waals surface area contributed by atoms with Crippen molar-refractivity contribution in [3.8, 4) is 0 Å². The van der Waals surface area contributed by atoms with Gasteiger partial charge in [0.2, 0.25) is 5.91 Å². The zero-order chi connectivity index (χ0) is 20.6. The lowest BCUT2D eigenvalue weighted by molar-refractivity contribution is -0.384. The minimum absolute atomic E-state index is 0.129. The summed E-state index contributed by atoms with van der Waals surface area (Å²) >= 11 is 0. The number of hydrogen-bond acceptors (Lipinski definition) is 4. The van der Waals surface area contributed by atoms with E-state index >= 15 is 0 Å². The molecular weight excluding hydrogens is 370 g/mol. The van der Waals surface area contributed by atoms with Crippen LogP contribution in [0.1, 0.15) is 15.9 Å². The van der Waals surface area contributed by atoms with Crippen molar-refractivity contribution >= 4 is 23.2 Å². The SMILES string of the molecule is O=C(N[C@H](Cc1ccccc1)C(=O)Nc1cccc([N+](=O)[O-])c1)c1ccccc1. The minimum atomic E-state index is -0.857. The summed E-state index contributed by atoms with van der Waals surface area (Å²) in [6.45, 7) is 0. The fourth-order valence-electron chi connectivity index (χ4n) is 2.82. The largest absolute Gasteiger partial charge is 0.340 e. The third-order valence-electron chi connectivity index (χ3n) is 4.26. The average molecular weight is 389 g/mol. The van der Waals surface area contributed by atoms with Crippen LogP contribution in [0.4, 0.5) is 11.4 Å². The first kappa shape index (κ1) is 19.8. The summed E-state index contributed by atoms with van der Waals surface area (Å²) in [6.07, 6.45) is 0.278. The Morgan fingerprint density at radius 2 is 1.55 bits per heavy atom. The Bertz CT molecular complexity index is 1010. The number of rotatable bonds is 7. The van der Waals surface area contributed by atoms with E-state index in [2.05, 4.69) is 10.6 Å². The number of anilines is 1. The van der Waals surface area contributed by atoms with Gasteiger partial charge in [0.05, 0.1) is 4.92 Å². The number of amides is 2. The van der Waals surface area contributed by atoms with Crippen molar-refractivity contribution in [3.63, 3.8) is 0 Å². The topological polar surface area (TPSA) is 101 Å². The van der Waals surface area contributed by atoms with Crippen LogP contribution in [0.25, 0.3) is 0 Å². The second kappa shape index (κ2) is 9.27. The molecule has 2 amide bonds. The van der Waals surface area contributed by atoms with Gasteiger partial charge in [0.25, 0.3) is 11.6 Å². The molecule has 146 valence electrons. The molecule has 7 heteroatoms. The van der Waals surface area contributed by atoms with Gasteiger partial charge in [-0.2, -0.15) is 0 Å². The van der Waals surface area contributed by atoms with Gasteiger partial charge in [0.1, 0.15) is 6.04 Å². The van der Waals surface area contributed by atoms with Crippen LogP contribution in [0.3, 0.4) is 0 Å². The highest BCUT2D eigenvalue weighted by Gasteiger charge is 2.22. The molecule has 0 saturated heterocycles. The van der Waals surface area contributed by atoms with E-state index in [9.17, 15) is 19.7 Å². The Labute approximate surface area is 167 Å². The Morgan fingerprint density at radius 1 is 0.897 bits per heavy atom. The molecule has 0 aliphatic heterocycles. The maximum atomic E-state index is 12.9. The number of benzene rings is 3. The fourth-order valence-corrected chi connectivity index (χ4v) is 2.82. The Morgan fingerprint density at radius 3 is 2.21 bits per heavy atom. The molecule has 2 N–H and O–H groups in total. The van der Waals surface area contributed by atoms with Gasteiger partial charge in [-0.05, 0) is 23.8 Å². The van der Waals surface area contributed by atoms with Crippen LogP contribution in [-0.4, -0.2) is 22.8 Å². The summed E-state index contributed by atoms with van der Waals surface area (Å²) in [7, 11) is 0. The number of nitro groups is 1. The number of nitrogens with one attached hydrogen (secondary N) is 2. The third-order valence-corrected chi connectivity index (χ3v) is 4.26. The second-order valence-corrected chi connectivity index (χ2v) is 6.38. The summed E-state index contributed by atoms with van der Waals surface area (Å²) in [5.41, 5.74) is 1.47. The molecule has 3 rings (SSSR count). The van der Waals surface area contributed by atoms with E-state index in [-0.39, 0.29) is 23.7 Å². The van der Waals surface area contributed by atoms with E-state index in [1.165, 1.54) is 18.2 Å². The minimum Gasteiger partial charge on any atom is -0.340 e. The summed E-state index contributed by atoms with van der Waals surface area (Å²) in [6, 6.07) is 22.7. The molecule has 0 bridgehead atoms. The molecule has 0 aromatic heterocycles. The van der Waals surface area contributed by atoms with E-state index in [0.717, 1.165) is 5.56 Å². The summed E-state index contributed by atoms with van der Waals surface area (Å²) < 4.78 is 0. The standard InChI is InChI=1S/C22H19N3O4/c26-21(17-10-5-2-6-11-17)24-20(14-16-8-3-1-4-9-16)22(27)23-18-12-7-13-19(15-18)25(28)29/h1-13,15,20H,14H2,(H,23,27)(H,24,26)/t20-/m1/s1. The zero-order valence-corrected chi connectivity index (χ0v) is 15.4. The van der Waals surface area contributed by atoms with Crippen molar-refractivity contribution in [1.82, 2.24) is 5.32 Å². The van der Waals surface area contributed by atoms with Crippen molar-refractivity contribution < 1.29 is 14.5 Å². The predicted octanol–water partition coefficient (Wildman–Crippen LogP) is 3.57. The lowest BCUT2D eigenvalue weighted by atomic mass is 10.0. The smallest absolute Gasteiger partial charge is 0.271 e. The number of carbonyl (C=O) groups is 2. The number of carbonyl (C=O) groups excluding carboxylic acids is 2. The Balaban J connectivity index is 1.79. The zero-order valence-electron chi connectivity index (χ0n) is 15.4. The quantitative estimate of drug-likeness (QED) is 0.476. The number of non-ortho nitro benzene ring substituents is 1. The summed E-state index contributed by atoms with van der Waals surface area (Å²) in [4.78, 5) is 35.9. The number of hydrogen-bond donors (Lipinski definition) is 2. The third kappa shape index (κ3) is 5.49. The molecule has 0 unspecified atom stereocenters. The number of nitro benzene ring substituents is 1. The van der Waals surface area contributed by atoms with Crippen molar-refractivity contribution in [2.45, 2.75) is 12.5 Å². The monoisotopic (exact) mass is 389 g/mol. The van der Waals surface area contributed by atoms with Crippen LogP contribution in [0.15, 0.2) is 84.9 Å². The first-order valence-electron chi connectivity index (χ1n) is 8.98. The Hall–Kier alpha value is -4.00. The number of nitrogens with zero attached hydrogens (tertiary/aromatic N) is 1. The van der Waals surface area contributed by atoms with Crippen LogP contribution in [-0.2, 0) is 11.2 Å². The maximum Gasteiger partial charge on any atom is 0.271 e. The molecule has 0 aliphatic rings. The van der Waals surface area contributed by atoms with Gasteiger partial charge in [0.15, 0.2) is 0 Å². The van der Waals surface area contributed by atoms with Gasteiger partial charge in [0, 0.05) is 29.8 Å². The van der Waals surface area contributed by atoms with E-state index in [1.54, 1.807) is 36.4 Å². The molecule has 0 fully saturated rings. The molecular formula is C22H19N3O4. The molecule has 29 heavy (non-hydrogen) atoms. The summed E-state index contributed by atoms with van der Waals surface area (Å²) in [5, 5.41) is 16.4. The van der Waals surface area contributed by atoms with Crippen molar-refractivity contribution in [2.24, 2.45) is 0 Å². The lowest BCUT2D eigenvalue weighted by Gasteiger charge is -2.19. The summed E-state index contributed by atoms with van der Waals surface area (Å²) in [5.74, 6) is -0.834. The normalized spacial score (nSPS) is 11.3. The van der Waals surface area contributed by atoms with Gasteiger partial charge >= 0.3 is 0 Å². The Kier molecular flexibility index (Phi) is 6.32. The van der Waals surface area contributed by atoms with Crippen LogP contribution in [0.5, 0.6) is 0 Å². The van der Waals surface area contributed by atoms with Gasteiger partial charge in [-0.25, -0.2) is 0 Å². The van der Waals surface area contributed by atoms with E-state index < -0.39 is 16.9 Å². The van der Waals surface area contributed by atoms with Crippen LogP contribution in [0.2, 0.25) is 0 Å². The molecule has 0 aliphatic carbocycles. The van der Waals surface area contributed by atoms with Gasteiger partial charge in [-0.15, -0.1) is 0 Å². The van der Waals surface area contributed by atoms with Gasteiger partial charge in [-0.1, -0.05) is 54.6 Å².